The highest BCUT2D eigenvalue weighted by Crippen LogP contribution is 2.42. The molecule has 0 aliphatic rings. The van der Waals surface area contributed by atoms with Crippen molar-refractivity contribution in [3.8, 4) is 61.7 Å². The molecule has 0 atom stereocenters. The summed E-state index contributed by atoms with van der Waals surface area (Å²) in [7, 11) is 0. The fourth-order valence-corrected chi connectivity index (χ4v) is 8.90. The molecule has 12 rings (SSSR count). The lowest BCUT2D eigenvalue weighted by atomic mass is 9.93. The lowest BCUT2D eigenvalue weighted by molar-refractivity contribution is 0.918. The summed E-state index contributed by atoms with van der Waals surface area (Å²) in [5.41, 5.74) is 14.7. The quantitative estimate of drug-likeness (QED) is 0.158. The molecule has 61 heavy (non-hydrogen) atoms. The molecule has 0 saturated carbocycles. The van der Waals surface area contributed by atoms with Crippen LogP contribution in [0.1, 0.15) is 0 Å². The van der Waals surface area contributed by atoms with Crippen LogP contribution in [0, 0.1) is 0 Å². The van der Waals surface area contributed by atoms with Crippen molar-refractivity contribution in [1.29, 1.82) is 0 Å². The largest absolute Gasteiger partial charge is 0.245 e. The Labute approximate surface area is 352 Å². The smallest absolute Gasteiger partial charge is 0.101 e. The standard InChI is InChI=1S/C57H36N4/c1-4-12-39(13-5-1)50-36-45-16-10-11-19-49(45)57-53(50)54(60-61(57)48-17-8-3-9-18-48)41-24-20-37(21-25-41)44-28-22-38-23-29-46(35-47(38)34-44)52-33-31-43-27-26-42-30-32-51(40-14-6-2-7-15-40)58-55(42)56(43)59-52/h1-36H. The van der Waals surface area contributed by atoms with Gasteiger partial charge >= 0.3 is 0 Å². The summed E-state index contributed by atoms with van der Waals surface area (Å²) >= 11 is 0. The van der Waals surface area contributed by atoms with Crippen molar-refractivity contribution in [1.82, 2.24) is 19.7 Å². The minimum atomic E-state index is 0.909. The topological polar surface area (TPSA) is 43.6 Å². The second-order valence-electron chi connectivity index (χ2n) is 15.7. The average molecular weight is 777 g/mol. The molecule has 3 aromatic heterocycles. The zero-order valence-electron chi connectivity index (χ0n) is 33.1. The Morgan fingerprint density at radius 2 is 0.852 bits per heavy atom. The zero-order valence-corrected chi connectivity index (χ0v) is 33.1. The van der Waals surface area contributed by atoms with E-state index in [1.165, 1.54) is 27.3 Å². The van der Waals surface area contributed by atoms with Crippen molar-refractivity contribution in [3.63, 3.8) is 0 Å². The van der Waals surface area contributed by atoms with Crippen LogP contribution < -0.4 is 0 Å². The maximum atomic E-state index is 5.41. The van der Waals surface area contributed by atoms with Gasteiger partial charge in [0.25, 0.3) is 0 Å². The fraction of sp³-hybridized carbons (Fsp3) is 0. The van der Waals surface area contributed by atoms with Gasteiger partial charge in [0.1, 0.15) is 5.69 Å². The van der Waals surface area contributed by atoms with Gasteiger partial charge in [0.2, 0.25) is 0 Å². The van der Waals surface area contributed by atoms with E-state index in [9.17, 15) is 0 Å². The highest BCUT2D eigenvalue weighted by molar-refractivity contribution is 6.17. The van der Waals surface area contributed by atoms with Gasteiger partial charge in [0.15, 0.2) is 0 Å². The molecule has 12 aromatic rings. The molecular weight excluding hydrogens is 741 g/mol. The maximum Gasteiger partial charge on any atom is 0.101 e. The van der Waals surface area contributed by atoms with E-state index in [0.717, 1.165) is 88.7 Å². The third-order valence-electron chi connectivity index (χ3n) is 12.0. The molecule has 284 valence electrons. The van der Waals surface area contributed by atoms with Crippen molar-refractivity contribution in [2.24, 2.45) is 0 Å². The van der Waals surface area contributed by atoms with Gasteiger partial charge in [-0.05, 0) is 80.9 Å². The molecule has 0 aliphatic heterocycles. The molecule has 0 fully saturated rings. The van der Waals surface area contributed by atoms with Gasteiger partial charge in [-0.2, -0.15) is 5.10 Å². The second kappa shape index (κ2) is 14.3. The van der Waals surface area contributed by atoms with Gasteiger partial charge in [-0.3, -0.25) is 0 Å². The SMILES string of the molecule is c1ccc(-c2ccc3ccc4ccc(-c5ccc6ccc(-c7ccc(-c8nn(-c9ccccc9)c9c8c(-c8ccccc8)cc8ccccc89)cc7)cc6c5)nc4c3n2)cc1. The van der Waals surface area contributed by atoms with Crippen LogP contribution in [0.15, 0.2) is 218 Å². The molecule has 4 heteroatoms. The summed E-state index contributed by atoms with van der Waals surface area (Å²) in [4.78, 5) is 10.4. The van der Waals surface area contributed by atoms with Crippen LogP contribution in [0.3, 0.4) is 0 Å². The molecule has 0 amide bonds. The van der Waals surface area contributed by atoms with E-state index < -0.39 is 0 Å². The van der Waals surface area contributed by atoms with Gasteiger partial charge in [-0.1, -0.05) is 176 Å². The first kappa shape index (κ1) is 34.8. The van der Waals surface area contributed by atoms with E-state index in [1.54, 1.807) is 0 Å². The number of benzene rings is 9. The molecule has 0 aliphatic carbocycles. The molecule has 0 unspecified atom stereocenters. The first-order chi connectivity index (χ1) is 30.2. The number of rotatable bonds is 6. The van der Waals surface area contributed by atoms with E-state index in [1.807, 2.05) is 18.2 Å². The third kappa shape index (κ3) is 6.04. The van der Waals surface area contributed by atoms with E-state index in [2.05, 4.69) is 205 Å². The predicted octanol–water partition coefficient (Wildman–Crippen LogP) is 14.8. The van der Waals surface area contributed by atoms with Gasteiger partial charge in [0.05, 0.1) is 33.6 Å². The van der Waals surface area contributed by atoms with Crippen LogP contribution in [0.25, 0.3) is 116 Å². The molecular formula is C57H36N4. The lowest BCUT2D eigenvalue weighted by Gasteiger charge is -2.11. The minimum Gasteiger partial charge on any atom is -0.245 e. The van der Waals surface area contributed by atoms with E-state index in [4.69, 9.17) is 15.1 Å². The Kier molecular flexibility index (Phi) is 8.13. The molecule has 0 spiro atoms. The molecule has 0 bridgehead atoms. The number of aromatic nitrogens is 4. The Morgan fingerprint density at radius 3 is 1.56 bits per heavy atom. The summed E-state index contributed by atoms with van der Waals surface area (Å²) in [6, 6.07) is 77.4. The molecule has 0 radical (unpaired) electrons. The molecule has 3 heterocycles. The van der Waals surface area contributed by atoms with Crippen molar-refractivity contribution < 1.29 is 0 Å². The summed E-state index contributed by atoms with van der Waals surface area (Å²) in [6.45, 7) is 0. The predicted molar refractivity (Wildman–Crippen MR) is 254 cm³/mol. The van der Waals surface area contributed by atoms with Gasteiger partial charge in [0, 0.05) is 38.2 Å². The Balaban J connectivity index is 0.943. The number of hydrogen-bond donors (Lipinski definition) is 0. The number of hydrogen-bond acceptors (Lipinski definition) is 3. The monoisotopic (exact) mass is 776 g/mol. The number of fused-ring (bicyclic) bond motifs is 7. The van der Waals surface area contributed by atoms with E-state index in [0.29, 0.717) is 0 Å². The van der Waals surface area contributed by atoms with Crippen LogP contribution in [0.5, 0.6) is 0 Å². The van der Waals surface area contributed by atoms with Crippen LogP contribution in [-0.2, 0) is 0 Å². The van der Waals surface area contributed by atoms with Crippen molar-refractivity contribution in [3.05, 3.63) is 218 Å². The third-order valence-corrected chi connectivity index (χ3v) is 12.0. The average Bonchev–Trinajstić information content (AvgIpc) is 3.75. The summed E-state index contributed by atoms with van der Waals surface area (Å²) in [6.07, 6.45) is 0. The highest BCUT2D eigenvalue weighted by atomic mass is 15.3. The first-order valence-electron chi connectivity index (χ1n) is 20.7. The molecule has 9 aromatic carbocycles. The fourth-order valence-electron chi connectivity index (χ4n) is 8.90. The normalized spacial score (nSPS) is 11.6. The second-order valence-corrected chi connectivity index (χ2v) is 15.7. The molecule has 0 N–H and O–H groups in total. The lowest BCUT2D eigenvalue weighted by Crippen LogP contribution is -1.96. The molecule has 4 nitrogen and oxygen atoms in total. The van der Waals surface area contributed by atoms with Gasteiger partial charge in [-0.15, -0.1) is 0 Å². The summed E-state index contributed by atoms with van der Waals surface area (Å²) in [5.74, 6) is 0. The Morgan fingerprint density at radius 1 is 0.328 bits per heavy atom. The van der Waals surface area contributed by atoms with Gasteiger partial charge < -0.3 is 0 Å². The first-order valence-corrected chi connectivity index (χ1v) is 20.7. The van der Waals surface area contributed by atoms with Crippen LogP contribution >= 0.6 is 0 Å². The van der Waals surface area contributed by atoms with Crippen molar-refractivity contribution >= 4 is 54.3 Å². The van der Waals surface area contributed by atoms with Crippen LogP contribution in [0.4, 0.5) is 0 Å². The number of para-hydroxylation sites is 1. The summed E-state index contributed by atoms with van der Waals surface area (Å²) < 4.78 is 2.12. The van der Waals surface area contributed by atoms with E-state index >= 15 is 0 Å². The Bertz CT molecular complexity index is 3610. The summed E-state index contributed by atoms with van der Waals surface area (Å²) in [5, 5.41) is 13.4. The van der Waals surface area contributed by atoms with E-state index in [-0.39, 0.29) is 0 Å². The Hall–Kier alpha value is -8.21. The van der Waals surface area contributed by atoms with Crippen LogP contribution in [0.2, 0.25) is 0 Å². The highest BCUT2D eigenvalue weighted by Gasteiger charge is 2.21. The van der Waals surface area contributed by atoms with Crippen LogP contribution in [-0.4, -0.2) is 19.7 Å². The molecule has 0 saturated heterocycles. The minimum absolute atomic E-state index is 0.909. The zero-order chi connectivity index (χ0) is 40.3. The van der Waals surface area contributed by atoms with Gasteiger partial charge in [-0.25, -0.2) is 14.6 Å². The number of nitrogens with zero attached hydrogens (tertiary/aromatic N) is 4. The van der Waals surface area contributed by atoms with Crippen molar-refractivity contribution in [2.45, 2.75) is 0 Å². The van der Waals surface area contributed by atoms with Crippen molar-refractivity contribution in [2.75, 3.05) is 0 Å². The number of pyridine rings is 2. The maximum absolute atomic E-state index is 5.41.